The third kappa shape index (κ3) is 3.51. The number of fused-ring (bicyclic) bond motifs is 6. The van der Waals surface area contributed by atoms with E-state index in [9.17, 15) is 4.79 Å². The Morgan fingerprint density at radius 3 is 2.65 bits per heavy atom. The van der Waals surface area contributed by atoms with Crippen molar-refractivity contribution in [1.82, 2.24) is 4.90 Å². The average molecular weight is 209 g/mol. The number of hydrogen-bond donors (Lipinski definition) is 0. The fourth-order valence-electron chi connectivity index (χ4n) is 2.30. The van der Waals surface area contributed by atoms with Gasteiger partial charge in [0.1, 0.15) is 0 Å². The third-order valence-electron chi connectivity index (χ3n) is 3.45. The summed E-state index contributed by atoms with van der Waals surface area (Å²) in [6.07, 6.45) is 0.636. The standard InChI is InChI=1S/C6H10B9NO/c1-16(2)5(17)3-4-6-7-9-10-11-12-13-14-15(4)8-6/h4,6H,3H2,1-2H3. The maximum Gasteiger partial charge on any atom is 0.221 e. The first kappa shape index (κ1) is 13.5. The zero-order valence-corrected chi connectivity index (χ0v) is 10.4. The van der Waals surface area contributed by atoms with Gasteiger partial charge in [0.05, 0.1) is 13.7 Å². The highest BCUT2D eigenvalue weighted by Gasteiger charge is 2.42. The molecule has 0 saturated carbocycles. The zero-order chi connectivity index (χ0) is 12.3. The van der Waals surface area contributed by atoms with Gasteiger partial charge in [-0.2, -0.15) is 0 Å². The highest BCUT2D eigenvalue weighted by atomic mass is 16.2. The van der Waals surface area contributed by atoms with Gasteiger partial charge >= 0.3 is 0 Å². The van der Waals surface area contributed by atoms with Gasteiger partial charge in [0.2, 0.25) is 5.91 Å². The second kappa shape index (κ2) is 6.29. The van der Waals surface area contributed by atoms with Crippen LogP contribution in [0, 0.1) is 0 Å². The molecule has 3 heterocycles. The molecule has 0 aromatic carbocycles. The van der Waals surface area contributed by atoms with Gasteiger partial charge in [0, 0.05) is 70.1 Å². The van der Waals surface area contributed by atoms with E-state index in [1.807, 2.05) is 35.3 Å². The molecule has 3 fully saturated rings. The number of hydrogen-bond acceptors (Lipinski definition) is 1. The first-order valence-corrected chi connectivity index (χ1v) is 6.08. The van der Waals surface area contributed by atoms with Crippen molar-refractivity contribution in [1.29, 1.82) is 0 Å². The minimum absolute atomic E-state index is 0.219. The quantitative estimate of drug-likeness (QED) is 0.451. The molecule has 1 amide bonds. The molecule has 0 spiro atoms. The second-order valence-corrected chi connectivity index (χ2v) is 4.85. The molecule has 0 N–H and O–H groups in total. The van der Waals surface area contributed by atoms with E-state index in [1.165, 1.54) is 0 Å². The van der Waals surface area contributed by atoms with Crippen molar-refractivity contribution in [2.24, 2.45) is 0 Å². The SMILES string of the molecule is CN(C)C(=O)CC1B2[B][B][B][B][B][B][B]C1[B]2. The summed E-state index contributed by atoms with van der Waals surface area (Å²) in [6.45, 7) is 0.441. The Labute approximate surface area is 111 Å². The summed E-state index contributed by atoms with van der Waals surface area (Å²) in [7, 11) is 20.6. The lowest BCUT2D eigenvalue weighted by atomic mass is 8.75. The van der Waals surface area contributed by atoms with E-state index in [-0.39, 0.29) is 5.91 Å². The van der Waals surface area contributed by atoms with Crippen LogP contribution in [0.2, 0.25) is 11.5 Å². The lowest BCUT2D eigenvalue weighted by molar-refractivity contribution is -0.128. The second-order valence-electron chi connectivity index (χ2n) is 4.85. The van der Waals surface area contributed by atoms with Crippen molar-refractivity contribution < 1.29 is 4.79 Å². The van der Waals surface area contributed by atoms with Gasteiger partial charge in [-0.25, -0.2) is 0 Å². The lowest BCUT2D eigenvalue weighted by Crippen LogP contribution is -2.58. The number of carbonyl (C=O) groups excluding carboxylic acids is 1. The van der Waals surface area contributed by atoms with Crippen molar-refractivity contribution in [2.45, 2.75) is 18.0 Å². The molecule has 3 saturated heterocycles. The fourth-order valence-corrected chi connectivity index (χ4v) is 2.30. The summed E-state index contributed by atoms with van der Waals surface area (Å²) in [5.74, 6) is 0.647. The van der Waals surface area contributed by atoms with Crippen molar-refractivity contribution in [3.05, 3.63) is 0 Å². The van der Waals surface area contributed by atoms with Crippen LogP contribution in [0.5, 0.6) is 0 Å². The maximum absolute atomic E-state index is 11.8. The predicted octanol–water partition coefficient (Wildman–Crippen LogP) is -2.78. The molecule has 2 atom stereocenters. The van der Waals surface area contributed by atoms with Gasteiger partial charge in [-0.15, -0.1) is 5.72 Å². The summed E-state index contributed by atoms with van der Waals surface area (Å²) >= 11 is 0. The average Bonchev–Trinajstić information content (AvgIpc) is 2.32. The third-order valence-corrected chi connectivity index (χ3v) is 3.45. The molecule has 11 heteroatoms. The molecular weight excluding hydrogens is 199 g/mol. The van der Waals surface area contributed by atoms with E-state index in [2.05, 4.69) is 35.5 Å². The molecule has 2 unspecified atom stereocenters. The van der Waals surface area contributed by atoms with Crippen molar-refractivity contribution in [3.63, 3.8) is 0 Å². The molecule has 3 rings (SSSR count). The van der Waals surface area contributed by atoms with E-state index in [0.717, 1.165) is 0 Å². The van der Waals surface area contributed by atoms with Crippen LogP contribution in [-0.4, -0.2) is 88.1 Å². The minimum atomic E-state index is 0.219. The molecule has 72 valence electrons. The molecule has 3 aliphatic rings. The van der Waals surface area contributed by atoms with E-state index in [0.29, 0.717) is 24.4 Å². The summed E-state index contributed by atoms with van der Waals surface area (Å²) in [5.41, 5.74) is 0.441. The lowest BCUT2D eigenvalue weighted by Gasteiger charge is -2.44. The van der Waals surface area contributed by atoms with Crippen LogP contribution in [0.1, 0.15) is 6.42 Å². The molecular formula is C6H10B9NO. The van der Waals surface area contributed by atoms with Crippen LogP contribution in [0.25, 0.3) is 0 Å². The Bertz CT molecular complexity index is 258. The molecule has 8 radical (unpaired) electrons. The van der Waals surface area contributed by atoms with Gasteiger partial charge < -0.3 is 4.90 Å². The largest absolute Gasteiger partial charge is 0.349 e. The van der Waals surface area contributed by atoms with E-state index in [1.54, 1.807) is 4.90 Å². The van der Waals surface area contributed by atoms with Crippen molar-refractivity contribution in [3.8, 4) is 0 Å². The van der Waals surface area contributed by atoms with Crippen LogP contribution in [0.15, 0.2) is 0 Å². The first-order chi connectivity index (χ1) is 8.18. The Morgan fingerprint density at radius 1 is 1.18 bits per heavy atom. The monoisotopic (exact) mass is 211 g/mol. The van der Waals surface area contributed by atoms with E-state index < -0.39 is 0 Å². The predicted molar refractivity (Wildman–Crippen MR) is 82.6 cm³/mol. The molecule has 3 aliphatic heterocycles. The Hall–Kier alpha value is 0.0544. The molecule has 0 aromatic rings. The van der Waals surface area contributed by atoms with Crippen LogP contribution in [0.3, 0.4) is 0 Å². The topological polar surface area (TPSA) is 20.3 Å². The summed E-state index contributed by atoms with van der Waals surface area (Å²) in [5, 5.41) is 0. The fraction of sp³-hybridized carbons (Fsp3) is 0.833. The number of rotatable bonds is 2. The molecule has 0 aromatic heterocycles. The highest BCUT2D eigenvalue weighted by Crippen LogP contribution is 2.39. The summed E-state index contributed by atoms with van der Waals surface area (Å²) in [6, 6.07) is 0. The number of nitrogens with zero attached hydrogens (tertiary/aromatic N) is 1. The van der Waals surface area contributed by atoms with Crippen molar-refractivity contribution in [2.75, 3.05) is 14.1 Å². The van der Waals surface area contributed by atoms with Gasteiger partial charge in [0.15, 0.2) is 0 Å². The van der Waals surface area contributed by atoms with Crippen LogP contribution < -0.4 is 0 Å². The van der Waals surface area contributed by atoms with Crippen molar-refractivity contribution >= 4 is 69.1 Å². The Kier molecular flexibility index (Phi) is 4.99. The highest BCUT2D eigenvalue weighted by molar-refractivity contribution is 7.72. The van der Waals surface area contributed by atoms with Crippen LogP contribution >= 0.6 is 0 Å². The maximum atomic E-state index is 11.8. The summed E-state index contributed by atoms with van der Waals surface area (Å²) < 4.78 is 0. The van der Waals surface area contributed by atoms with Gasteiger partial charge in [-0.05, 0) is 0 Å². The van der Waals surface area contributed by atoms with E-state index >= 15 is 0 Å². The molecule has 2 bridgehead atoms. The Morgan fingerprint density at radius 2 is 1.88 bits per heavy atom. The number of carbonyl (C=O) groups is 1. The number of amides is 1. The molecule has 17 heavy (non-hydrogen) atoms. The smallest absolute Gasteiger partial charge is 0.221 e. The van der Waals surface area contributed by atoms with E-state index in [4.69, 9.17) is 0 Å². The van der Waals surface area contributed by atoms with Gasteiger partial charge in [-0.1, -0.05) is 5.82 Å². The Balaban J connectivity index is 1.88. The minimum Gasteiger partial charge on any atom is -0.349 e. The van der Waals surface area contributed by atoms with Crippen LogP contribution in [-0.2, 0) is 4.79 Å². The van der Waals surface area contributed by atoms with Gasteiger partial charge in [-0.3, -0.25) is 4.79 Å². The summed E-state index contributed by atoms with van der Waals surface area (Å²) in [4.78, 5) is 13.4. The normalized spacial score (nSPS) is 25.6. The van der Waals surface area contributed by atoms with Gasteiger partial charge in [0.25, 0.3) is 0 Å². The molecule has 2 nitrogen and oxygen atoms in total. The van der Waals surface area contributed by atoms with Crippen LogP contribution in [0.4, 0.5) is 0 Å². The zero-order valence-electron chi connectivity index (χ0n) is 10.4. The molecule has 0 aliphatic carbocycles. The first-order valence-electron chi connectivity index (χ1n) is 6.08.